The molecule has 0 aliphatic heterocycles. The molecule has 2 aromatic rings. The van der Waals surface area contributed by atoms with Crippen LogP contribution in [-0.2, 0) is 4.79 Å². The number of hydrogen-bond donors (Lipinski definition) is 4. The fraction of sp³-hybridized carbons (Fsp3) is 0.200. The van der Waals surface area contributed by atoms with Crippen LogP contribution in [0.3, 0.4) is 0 Å². The van der Waals surface area contributed by atoms with Crippen molar-refractivity contribution in [2.24, 2.45) is 0 Å². The smallest absolute Gasteiger partial charge is 0.268 e. The van der Waals surface area contributed by atoms with Gasteiger partial charge in [-0.1, -0.05) is 17.9 Å². The molecular weight excluding hydrogens is 348 g/mol. The highest BCUT2D eigenvalue weighted by atomic mass is 16.5. The third-order valence-electron chi connectivity index (χ3n) is 3.73. The Morgan fingerprint density at radius 1 is 1.07 bits per heavy atom. The predicted molar refractivity (Wildman–Crippen MR) is 98.3 cm³/mol. The molecule has 27 heavy (non-hydrogen) atoms. The van der Waals surface area contributed by atoms with Crippen molar-refractivity contribution in [3.8, 4) is 17.6 Å². The maximum atomic E-state index is 12.2. The molecule has 140 valence electrons. The molecule has 0 unspecified atom stereocenters. The van der Waals surface area contributed by atoms with Crippen molar-refractivity contribution in [2.45, 2.75) is 19.1 Å². The van der Waals surface area contributed by atoms with Gasteiger partial charge in [0.2, 0.25) is 0 Å². The molecule has 4 N–H and O–H groups in total. The maximum absolute atomic E-state index is 12.2. The van der Waals surface area contributed by atoms with Crippen LogP contribution >= 0.6 is 0 Å². The van der Waals surface area contributed by atoms with Crippen LogP contribution in [0.15, 0.2) is 48.5 Å². The number of nitrogens with one attached hydrogen (secondary N) is 2. The zero-order valence-electron chi connectivity index (χ0n) is 14.9. The zero-order valence-corrected chi connectivity index (χ0v) is 14.9. The second kappa shape index (κ2) is 9.38. The first-order valence-electron chi connectivity index (χ1n) is 8.13. The molecule has 2 amide bonds. The monoisotopic (exact) mass is 368 g/mol. The van der Waals surface area contributed by atoms with Crippen molar-refractivity contribution in [3.05, 3.63) is 65.2 Å². The van der Waals surface area contributed by atoms with E-state index in [4.69, 9.17) is 9.94 Å². The molecule has 0 bridgehead atoms. The molecule has 0 heterocycles. The molecule has 0 radical (unpaired) electrons. The minimum atomic E-state index is -1.27. The first-order chi connectivity index (χ1) is 12.9. The lowest BCUT2D eigenvalue weighted by atomic mass is 10.1. The summed E-state index contributed by atoms with van der Waals surface area (Å²) in [6.45, 7) is 1.33. The van der Waals surface area contributed by atoms with Crippen LogP contribution in [0.5, 0.6) is 5.75 Å². The number of aliphatic hydroxyl groups is 1. The van der Waals surface area contributed by atoms with E-state index in [2.05, 4.69) is 17.2 Å². The van der Waals surface area contributed by atoms with Crippen LogP contribution in [0.4, 0.5) is 0 Å². The number of carbonyl (C=O) groups is 2. The van der Waals surface area contributed by atoms with Crippen LogP contribution in [0.25, 0.3) is 0 Å². The van der Waals surface area contributed by atoms with Gasteiger partial charge in [-0.3, -0.25) is 14.8 Å². The van der Waals surface area contributed by atoms with E-state index in [0.29, 0.717) is 16.9 Å². The van der Waals surface area contributed by atoms with Crippen LogP contribution in [0, 0.1) is 11.8 Å². The highest BCUT2D eigenvalue weighted by Gasteiger charge is 2.25. The number of aliphatic hydroxyl groups excluding tert-OH is 1. The van der Waals surface area contributed by atoms with E-state index in [-0.39, 0.29) is 0 Å². The standard InChI is InChI=1S/C20H20N2O5/c1-13(23)18(20(25)22-26)21-19(24)16-10-8-14(9-11-16)6-7-15-4-3-5-17(12-15)27-2/h3-5,8-13,18,23,26H,1-2H3,(H,21,24)(H,22,25)/t13-,18+/m1/s1. The first-order valence-corrected chi connectivity index (χ1v) is 8.13. The molecule has 0 aliphatic carbocycles. The van der Waals surface area contributed by atoms with Gasteiger partial charge in [-0.25, -0.2) is 5.48 Å². The molecule has 2 aromatic carbocycles. The van der Waals surface area contributed by atoms with Crippen LogP contribution < -0.4 is 15.5 Å². The quantitative estimate of drug-likeness (QED) is 0.359. The van der Waals surface area contributed by atoms with Crippen molar-refractivity contribution < 1.29 is 24.6 Å². The topological polar surface area (TPSA) is 108 Å². The summed E-state index contributed by atoms with van der Waals surface area (Å²) in [4.78, 5) is 23.7. The highest BCUT2D eigenvalue weighted by molar-refractivity contribution is 5.97. The minimum absolute atomic E-state index is 0.290. The predicted octanol–water partition coefficient (Wildman–Crippen LogP) is 1.08. The minimum Gasteiger partial charge on any atom is -0.497 e. The number of benzene rings is 2. The largest absolute Gasteiger partial charge is 0.497 e. The van der Waals surface area contributed by atoms with E-state index >= 15 is 0 Å². The third-order valence-corrected chi connectivity index (χ3v) is 3.73. The Balaban J connectivity index is 2.09. The maximum Gasteiger partial charge on any atom is 0.268 e. The second-order valence-electron chi connectivity index (χ2n) is 5.73. The first kappa shape index (κ1) is 20.0. The average Bonchev–Trinajstić information content (AvgIpc) is 2.70. The van der Waals surface area contributed by atoms with E-state index in [9.17, 15) is 14.7 Å². The fourth-order valence-corrected chi connectivity index (χ4v) is 2.25. The van der Waals surface area contributed by atoms with E-state index in [0.717, 1.165) is 5.56 Å². The summed E-state index contributed by atoms with van der Waals surface area (Å²) < 4.78 is 5.15. The Hall–Kier alpha value is -3.34. The third kappa shape index (κ3) is 5.57. The number of rotatable bonds is 5. The SMILES string of the molecule is COc1cccc(C#Cc2ccc(C(=O)N[C@H](C(=O)NO)[C@@H](C)O)cc2)c1. The Bertz CT molecular complexity index is 866. The van der Waals surface area contributed by atoms with Crippen molar-refractivity contribution in [1.82, 2.24) is 10.8 Å². The summed E-state index contributed by atoms with van der Waals surface area (Å²) in [6, 6.07) is 12.5. The van der Waals surface area contributed by atoms with Gasteiger partial charge in [0.15, 0.2) is 0 Å². The fourth-order valence-electron chi connectivity index (χ4n) is 2.25. The summed E-state index contributed by atoms with van der Waals surface area (Å²) in [6.07, 6.45) is -1.17. The molecule has 0 fully saturated rings. The van der Waals surface area contributed by atoms with E-state index in [1.165, 1.54) is 12.4 Å². The summed E-state index contributed by atoms with van der Waals surface area (Å²) in [5.74, 6) is 5.25. The van der Waals surface area contributed by atoms with Crippen LogP contribution in [0.1, 0.15) is 28.4 Å². The van der Waals surface area contributed by atoms with Gasteiger partial charge >= 0.3 is 0 Å². The molecule has 2 rings (SSSR count). The highest BCUT2D eigenvalue weighted by Crippen LogP contribution is 2.12. The van der Waals surface area contributed by atoms with Gasteiger partial charge in [0, 0.05) is 16.7 Å². The molecule has 7 heteroatoms. The molecule has 2 atom stereocenters. The van der Waals surface area contributed by atoms with Crippen LogP contribution in [0.2, 0.25) is 0 Å². The molecular formula is C20H20N2O5. The summed E-state index contributed by atoms with van der Waals surface area (Å²) in [5.41, 5.74) is 3.20. The lowest BCUT2D eigenvalue weighted by Gasteiger charge is -2.19. The number of hydroxylamine groups is 1. The Labute approximate surface area is 156 Å². The Morgan fingerprint density at radius 3 is 2.33 bits per heavy atom. The van der Waals surface area contributed by atoms with Crippen LogP contribution in [-0.4, -0.2) is 41.4 Å². The number of ether oxygens (including phenoxy) is 1. The number of hydrogen-bond acceptors (Lipinski definition) is 5. The molecule has 0 saturated carbocycles. The average molecular weight is 368 g/mol. The molecule has 0 spiro atoms. The van der Waals surface area contributed by atoms with Gasteiger partial charge in [0.1, 0.15) is 11.8 Å². The van der Waals surface area contributed by atoms with Crippen molar-refractivity contribution in [3.63, 3.8) is 0 Å². The van der Waals surface area contributed by atoms with Crippen molar-refractivity contribution in [1.29, 1.82) is 0 Å². The van der Waals surface area contributed by atoms with E-state index in [1.54, 1.807) is 31.4 Å². The van der Waals surface area contributed by atoms with Crippen molar-refractivity contribution >= 4 is 11.8 Å². The number of carbonyl (C=O) groups excluding carboxylic acids is 2. The molecule has 0 aliphatic rings. The van der Waals surface area contributed by atoms with E-state index in [1.807, 2.05) is 24.3 Å². The van der Waals surface area contributed by atoms with Gasteiger partial charge < -0.3 is 15.2 Å². The molecule has 7 nitrogen and oxygen atoms in total. The number of amides is 2. The van der Waals surface area contributed by atoms with Gasteiger partial charge in [-0.15, -0.1) is 0 Å². The van der Waals surface area contributed by atoms with Gasteiger partial charge in [-0.2, -0.15) is 0 Å². The van der Waals surface area contributed by atoms with Gasteiger partial charge in [-0.05, 0) is 49.4 Å². The summed E-state index contributed by atoms with van der Waals surface area (Å²) >= 11 is 0. The molecule has 0 saturated heterocycles. The zero-order chi connectivity index (χ0) is 19.8. The summed E-state index contributed by atoms with van der Waals surface area (Å²) in [7, 11) is 1.59. The normalized spacial score (nSPS) is 12.1. The molecule has 0 aromatic heterocycles. The van der Waals surface area contributed by atoms with E-state index < -0.39 is 24.0 Å². The van der Waals surface area contributed by atoms with Gasteiger partial charge in [0.05, 0.1) is 13.2 Å². The van der Waals surface area contributed by atoms with Gasteiger partial charge in [0.25, 0.3) is 11.8 Å². The summed E-state index contributed by atoms with van der Waals surface area (Å²) in [5, 5.41) is 20.6. The van der Waals surface area contributed by atoms with Crippen molar-refractivity contribution in [2.75, 3.05) is 7.11 Å². The lowest BCUT2D eigenvalue weighted by Crippen LogP contribution is -2.51. The second-order valence-corrected chi connectivity index (χ2v) is 5.73. The number of methoxy groups -OCH3 is 1. The Kier molecular flexibility index (Phi) is 6.94. The lowest BCUT2D eigenvalue weighted by molar-refractivity contribution is -0.133. The Morgan fingerprint density at radius 2 is 1.74 bits per heavy atom.